The molecule has 1 rings (SSSR count). The Bertz CT molecular complexity index is 465. The minimum atomic E-state index is -0.944. The van der Waals surface area contributed by atoms with Crippen LogP contribution < -0.4 is 4.74 Å². The van der Waals surface area contributed by atoms with Gasteiger partial charge in [0.25, 0.3) is 0 Å². The Morgan fingerprint density at radius 2 is 1.42 bits per heavy atom. The van der Waals surface area contributed by atoms with Gasteiger partial charge in [-0.3, -0.25) is 0 Å². The van der Waals surface area contributed by atoms with Gasteiger partial charge in [-0.2, -0.15) is 0 Å². The molecule has 1 aromatic carbocycles. The van der Waals surface area contributed by atoms with Gasteiger partial charge in [-0.05, 0) is 36.6 Å². The summed E-state index contributed by atoms with van der Waals surface area (Å²) in [7, 11) is 0. The van der Waals surface area contributed by atoms with E-state index in [1.165, 1.54) is 38.5 Å². The van der Waals surface area contributed by atoms with E-state index in [9.17, 15) is 4.79 Å². The molecular formula is C20H30O4. The first-order chi connectivity index (χ1) is 11.7. The second-order valence-corrected chi connectivity index (χ2v) is 5.99. The normalized spacial score (nSPS) is 11.0. The molecule has 0 fully saturated rings. The van der Waals surface area contributed by atoms with Gasteiger partial charge in [0.05, 0.1) is 6.61 Å². The van der Waals surface area contributed by atoms with Crippen molar-refractivity contribution in [2.75, 3.05) is 13.2 Å². The summed E-state index contributed by atoms with van der Waals surface area (Å²) in [6.45, 7) is 1.04. The van der Waals surface area contributed by atoms with Gasteiger partial charge in [-0.25, -0.2) is 4.79 Å². The van der Waals surface area contributed by atoms with Crippen molar-refractivity contribution in [1.29, 1.82) is 0 Å². The quantitative estimate of drug-likeness (QED) is 0.383. The van der Waals surface area contributed by atoms with Crippen LogP contribution in [0, 0.1) is 0 Å². The lowest BCUT2D eigenvalue weighted by Gasteiger charge is -2.06. The molecule has 0 bridgehead atoms. The largest absolute Gasteiger partial charge is 0.494 e. The highest BCUT2D eigenvalue weighted by atomic mass is 16.5. The Hall–Kier alpha value is -1.81. The molecule has 134 valence electrons. The molecular weight excluding hydrogens is 304 g/mol. The molecule has 0 amide bonds. The van der Waals surface area contributed by atoms with Crippen molar-refractivity contribution in [1.82, 2.24) is 0 Å². The van der Waals surface area contributed by atoms with Crippen LogP contribution in [-0.4, -0.2) is 29.4 Å². The molecule has 0 radical (unpaired) electrons. The summed E-state index contributed by atoms with van der Waals surface area (Å²) in [5, 5.41) is 17.3. The van der Waals surface area contributed by atoms with Gasteiger partial charge in [0, 0.05) is 12.7 Å². The summed E-state index contributed by atoms with van der Waals surface area (Å²) in [6.07, 6.45) is 13.4. The highest BCUT2D eigenvalue weighted by Gasteiger charge is 1.96. The minimum absolute atomic E-state index is 0.321. The molecule has 24 heavy (non-hydrogen) atoms. The number of rotatable bonds is 14. The van der Waals surface area contributed by atoms with E-state index in [-0.39, 0.29) is 0 Å². The van der Waals surface area contributed by atoms with Crippen LogP contribution in [0.2, 0.25) is 0 Å². The molecule has 0 aromatic heterocycles. The predicted molar refractivity (Wildman–Crippen MR) is 97.2 cm³/mol. The molecule has 2 N–H and O–H groups in total. The second-order valence-electron chi connectivity index (χ2n) is 5.99. The standard InChI is InChI=1S/C20H30O4/c21-16-8-6-4-2-1-3-5-7-9-17-24-19-13-10-18(11-14-19)12-15-20(22)23/h10-15,21H,1-9,16-17H2,(H,22,23). The van der Waals surface area contributed by atoms with Gasteiger partial charge in [0.15, 0.2) is 0 Å². The molecule has 0 aliphatic rings. The van der Waals surface area contributed by atoms with E-state index in [0.717, 1.165) is 43.3 Å². The summed E-state index contributed by atoms with van der Waals surface area (Å²) in [5.74, 6) is -0.119. The lowest BCUT2D eigenvalue weighted by molar-refractivity contribution is -0.131. The summed E-state index contributed by atoms with van der Waals surface area (Å²) in [6, 6.07) is 7.44. The first-order valence-corrected chi connectivity index (χ1v) is 8.97. The Morgan fingerprint density at radius 1 is 0.875 bits per heavy atom. The number of benzene rings is 1. The van der Waals surface area contributed by atoms with E-state index in [0.29, 0.717) is 6.61 Å². The molecule has 0 heterocycles. The van der Waals surface area contributed by atoms with Crippen LogP contribution >= 0.6 is 0 Å². The number of ether oxygens (including phenoxy) is 1. The lowest BCUT2D eigenvalue weighted by atomic mass is 10.1. The van der Waals surface area contributed by atoms with Crippen molar-refractivity contribution in [3.05, 3.63) is 35.9 Å². The van der Waals surface area contributed by atoms with E-state index < -0.39 is 5.97 Å². The highest BCUT2D eigenvalue weighted by Crippen LogP contribution is 2.14. The SMILES string of the molecule is O=C(O)C=Cc1ccc(OCCCCCCCCCCCO)cc1. The van der Waals surface area contributed by atoms with Crippen molar-refractivity contribution >= 4 is 12.0 Å². The number of hydrogen-bond donors (Lipinski definition) is 2. The van der Waals surface area contributed by atoms with Gasteiger partial charge in [0.1, 0.15) is 5.75 Å². The zero-order valence-corrected chi connectivity index (χ0v) is 14.5. The van der Waals surface area contributed by atoms with E-state index in [1.54, 1.807) is 6.08 Å². The highest BCUT2D eigenvalue weighted by molar-refractivity contribution is 5.85. The Kier molecular flexibility index (Phi) is 11.5. The van der Waals surface area contributed by atoms with E-state index in [1.807, 2.05) is 24.3 Å². The lowest BCUT2D eigenvalue weighted by Crippen LogP contribution is -1.97. The zero-order chi connectivity index (χ0) is 17.5. The van der Waals surface area contributed by atoms with Crippen molar-refractivity contribution in [2.24, 2.45) is 0 Å². The molecule has 4 heteroatoms. The summed E-state index contributed by atoms with van der Waals surface area (Å²) < 4.78 is 5.69. The molecule has 4 nitrogen and oxygen atoms in total. The van der Waals surface area contributed by atoms with Crippen LogP contribution in [0.25, 0.3) is 6.08 Å². The van der Waals surface area contributed by atoms with Crippen molar-refractivity contribution < 1.29 is 19.7 Å². The Morgan fingerprint density at radius 3 is 1.96 bits per heavy atom. The topological polar surface area (TPSA) is 66.8 Å². The first kappa shape index (κ1) is 20.2. The number of aliphatic hydroxyl groups is 1. The fourth-order valence-electron chi connectivity index (χ4n) is 2.48. The van der Waals surface area contributed by atoms with Crippen LogP contribution in [-0.2, 0) is 4.79 Å². The summed E-state index contributed by atoms with van der Waals surface area (Å²) in [4.78, 5) is 10.4. The third-order valence-electron chi connectivity index (χ3n) is 3.87. The molecule has 0 atom stereocenters. The molecule has 0 unspecified atom stereocenters. The Balaban J connectivity index is 2.00. The van der Waals surface area contributed by atoms with Crippen LogP contribution in [0.4, 0.5) is 0 Å². The van der Waals surface area contributed by atoms with Gasteiger partial charge in [0.2, 0.25) is 0 Å². The number of hydrogen-bond acceptors (Lipinski definition) is 3. The van der Waals surface area contributed by atoms with Gasteiger partial charge < -0.3 is 14.9 Å². The average Bonchev–Trinajstić information content (AvgIpc) is 2.59. The monoisotopic (exact) mass is 334 g/mol. The maximum atomic E-state index is 10.4. The molecule has 0 aliphatic heterocycles. The van der Waals surface area contributed by atoms with Crippen LogP contribution in [0.3, 0.4) is 0 Å². The first-order valence-electron chi connectivity index (χ1n) is 8.97. The number of aliphatic hydroxyl groups excluding tert-OH is 1. The van der Waals surface area contributed by atoms with Gasteiger partial charge in [-0.1, -0.05) is 57.1 Å². The number of carboxylic acids is 1. The average molecular weight is 334 g/mol. The van der Waals surface area contributed by atoms with Crippen LogP contribution in [0.15, 0.2) is 30.3 Å². The molecule has 0 aliphatic carbocycles. The van der Waals surface area contributed by atoms with Crippen molar-refractivity contribution in [3.8, 4) is 5.75 Å². The number of aliphatic carboxylic acids is 1. The van der Waals surface area contributed by atoms with E-state index in [2.05, 4.69) is 0 Å². The third-order valence-corrected chi connectivity index (χ3v) is 3.87. The van der Waals surface area contributed by atoms with Crippen molar-refractivity contribution in [3.63, 3.8) is 0 Å². The Labute approximate surface area is 145 Å². The maximum Gasteiger partial charge on any atom is 0.328 e. The third kappa shape index (κ3) is 10.8. The fraction of sp³-hybridized carbons (Fsp3) is 0.550. The molecule has 0 saturated heterocycles. The predicted octanol–water partition coefficient (Wildman–Crippen LogP) is 4.67. The molecule has 0 spiro atoms. The van der Waals surface area contributed by atoms with Gasteiger partial charge >= 0.3 is 5.97 Å². The number of unbranched alkanes of at least 4 members (excludes halogenated alkanes) is 8. The smallest absolute Gasteiger partial charge is 0.328 e. The molecule has 0 saturated carbocycles. The second kappa shape index (κ2) is 13.6. The number of carbonyl (C=O) groups is 1. The van der Waals surface area contributed by atoms with E-state index in [4.69, 9.17) is 14.9 Å². The molecule has 1 aromatic rings. The fourth-order valence-corrected chi connectivity index (χ4v) is 2.48. The zero-order valence-electron chi connectivity index (χ0n) is 14.5. The summed E-state index contributed by atoms with van der Waals surface area (Å²) >= 11 is 0. The summed E-state index contributed by atoms with van der Waals surface area (Å²) in [5.41, 5.74) is 0.851. The minimum Gasteiger partial charge on any atom is -0.494 e. The van der Waals surface area contributed by atoms with E-state index >= 15 is 0 Å². The van der Waals surface area contributed by atoms with Gasteiger partial charge in [-0.15, -0.1) is 0 Å². The maximum absolute atomic E-state index is 10.4. The van der Waals surface area contributed by atoms with Crippen LogP contribution in [0.1, 0.15) is 63.4 Å². The van der Waals surface area contributed by atoms with Crippen molar-refractivity contribution in [2.45, 2.75) is 57.8 Å². The number of carboxylic acid groups (broad SMARTS) is 1. The van der Waals surface area contributed by atoms with Crippen LogP contribution in [0.5, 0.6) is 5.75 Å².